The first-order valence-corrected chi connectivity index (χ1v) is 6.89. The minimum Gasteiger partial charge on any atom is -0.481 e. The zero-order chi connectivity index (χ0) is 16.8. The number of rotatable bonds is 7. The average molecular weight is 312 g/mol. The van der Waals surface area contributed by atoms with Crippen LogP contribution in [0.2, 0.25) is 0 Å². The lowest BCUT2D eigenvalue weighted by Gasteiger charge is -2.27. The Labute approximate surface area is 122 Å². The molecule has 124 valence electrons. The number of halogens is 3. The van der Waals surface area contributed by atoms with E-state index >= 15 is 0 Å². The van der Waals surface area contributed by atoms with Crippen LogP contribution in [0.25, 0.3) is 0 Å². The second kappa shape index (κ2) is 7.66. The molecule has 0 aliphatic carbocycles. The van der Waals surface area contributed by atoms with Crippen LogP contribution in [0.1, 0.15) is 53.4 Å². The molecule has 0 aromatic heterocycles. The van der Waals surface area contributed by atoms with Gasteiger partial charge in [-0.25, -0.2) is 0 Å². The van der Waals surface area contributed by atoms with Crippen LogP contribution in [0.5, 0.6) is 0 Å². The van der Waals surface area contributed by atoms with Gasteiger partial charge in [0, 0.05) is 6.42 Å². The molecule has 0 saturated heterocycles. The molecular formula is C14H23F3O4. The number of carbonyl (C=O) groups is 2. The van der Waals surface area contributed by atoms with Crippen LogP contribution in [0.4, 0.5) is 13.2 Å². The summed E-state index contributed by atoms with van der Waals surface area (Å²) in [7, 11) is 0. The molecule has 0 aromatic carbocycles. The number of hydrogen-bond donors (Lipinski definition) is 1. The highest BCUT2D eigenvalue weighted by Crippen LogP contribution is 2.31. The Morgan fingerprint density at radius 2 is 1.62 bits per heavy atom. The third-order valence-electron chi connectivity index (χ3n) is 2.85. The topological polar surface area (TPSA) is 63.6 Å². The zero-order valence-electron chi connectivity index (χ0n) is 12.8. The number of carboxylic acids is 1. The van der Waals surface area contributed by atoms with E-state index in [1.807, 2.05) is 0 Å². The van der Waals surface area contributed by atoms with Gasteiger partial charge in [-0.1, -0.05) is 13.3 Å². The third-order valence-corrected chi connectivity index (χ3v) is 2.85. The lowest BCUT2D eigenvalue weighted by Crippen LogP contribution is -2.36. The van der Waals surface area contributed by atoms with Crippen molar-refractivity contribution in [3.8, 4) is 0 Å². The first-order valence-electron chi connectivity index (χ1n) is 6.89. The Hall–Kier alpha value is -1.27. The predicted octanol–water partition coefficient (Wildman–Crippen LogP) is 3.79. The molecule has 0 aliphatic rings. The summed E-state index contributed by atoms with van der Waals surface area (Å²) in [6.07, 6.45) is -5.63. The Morgan fingerprint density at radius 1 is 1.10 bits per heavy atom. The number of ether oxygens (including phenoxy) is 1. The van der Waals surface area contributed by atoms with Gasteiger partial charge in [0.25, 0.3) is 0 Å². The van der Waals surface area contributed by atoms with E-state index in [0.717, 1.165) is 0 Å². The lowest BCUT2D eigenvalue weighted by atomic mass is 9.85. The van der Waals surface area contributed by atoms with Crippen molar-refractivity contribution in [2.75, 3.05) is 0 Å². The third kappa shape index (κ3) is 8.57. The Balaban J connectivity index is 5.07. The highest BCUT2D eigenvalue weighted by molar-refractivity contribution is 5.81. The van der Waals surface area contributed by atoms with Gasteiger partial charge in [0.15, 0.2) is 0 Å². The summed E-state index contributed by atoms with van der Waals surface area (Å²) in [4.78, 5) is 23.3. The highest BCUT2D eigenvalue weighted by atomic mass is 19.4. The van der Waals surface area contributed by atoms with Crippen LogP contribution in [0.15, 0.2) is 0 Å². The standard InChI is InChI=1S/C14H23F3O4/c1-5-6-10(12(20)21-13(2,3)4)9(11(18)19)7-8-14(15,16)17/h9-10H,5-8H2,1-4H3,(H,18,19). The van der Waals surface area contributed by atoms with E-state index < -0.39 is 48.4 Å². The van der Waals surface area contributed by atoms with Gasteiger partial charge in [0.1, 0.15) is 5.60 Å². The molecule has 7 heteroatoms. The van der Waals surface area contributed by atoms with E-state index in [-0.39, 0.29) is 6.42 Å². The van der Waals surface area contributed by atoms with Gasteiger partial charge < -0.3 is 9.84 Å². The maximum atomic E-state index is 12.3. The van der Waals surface area contributed by atoms with Crippen molar-refractivity contribution in [2.45, 2.75) is 65.2 Å². The molecule has 0 aliphatic heterocycles. The minimum absolute atomic E-state index is 0.184. The monoisotopic (exact) mass is 312 g/mol. The number of carbonyl (C=O) groups excluding carboxylic acids is 1. The highest BCUT2D eigenvalue weighted by Gasteiger charge is 2.38. The Kier molecular flexibility index (Phi) is 7.19. The van der Waals surface area contributed by atoms with Gasteiger partial charge in [-0.3, -0.25) is 9.59 Å². The van der Waals surface area contributed by atoms with E-state index in [1.54, 1.807) is 27.7 Å². The van der Waals surface area contributed by atoms with Crippen LogP contribution >= 0.6 is 0 Å². The molecule has 0 bridgehead atoms. The molecule has 0 radical (unpaired) electrons. The van der Waals surface area contributed by atoms with E-state index in [9.17, 15) is 22.8 Å². The maximum Gasteiger partial charge on any atom is 0.389 e. The van der Waals surface area contributed by atoms with E-state index in [4.69, 9.17) is 9.84 Å². The fraction of sp³-hybridized carbons (Fsp3) is 0.857. The Morgan fingerprint density at radius 3 is 1.95 bits per heavy atom. The van der Waals surface area contributed by atoms with Gasteiger partial charge in [0.2, 0.25) is 0 Å². The molecule has 0 rings (SSSR count). The Bertz CT molecular complexity index is 358. The van der Waals surface area contributed by atoms with Crippen molar-refractivity contribution >= 4 is 11.9 Å². The molecular weight excluding hydrogens is 289 g/mol. The quantitative estimate of drug-likeness (QED) is 0.726. The summed E-state index contributed by atoms with van der Waals surface area (Å²) in [5.74, 6) is -4.60. The average Bonchev–Trinajstić information content (AvgIpc) is 2.23. The lowest BCUT2D eigenvalue weighted by molar-refractivity contribution is -0.170. The summed E-state index contributed by atoms with van der Waals surface area (Å²) < 4.78 is 42.0. The summed E-state index contributed by atoms with van der Waals surface area (Å²) in [5.41, 5.74) is -0.809. The molecule has 0 amide bonds. The van der Waals surface area contributed by atoms with Crippen molar-refractivity contribution in [3.05, 3.63) is 0 Å². The number of hydrogen-bond acceptors (Lipinski definition) is 3. The van der Waals surface area contributed by atoms with Crippen LogP contribution in [0.3, 0.4) is 0 Å². The van der Waals surface area contributed by atoms with E-state index in [0.29, 0.717) is 6.42 Å². The molecule has 4 nitrogen and oxygen atoms in total. The van der Waals surface area contributed by atoms with Crippen LogP contribution in [-0.4, -0.2) is 28.8 Å². The van der Waals surface area contributed by atoms with Crippen LogP contribution < -0.4 is 0 Å². The smallest absolute Gasteiger partial charge is 0.389 e. The number of alkyl halides is 3. The second-order valence-corrected chi connectivity index (χ2v) is 6.03. The molecule has 2 atom stereocenters. The van der Waals surface area contributed by atoms with Crippen LogP contribution in [0, 0.1) is 11.8 Å². The summed E-state index contributed by atoms with van der Waals surface area (Å²) in [6.45, 7) is 6.61. The molecule has 21 heavy (non-hydrogen) atoms. The fourth-order valence-corrected chi connectivity index (χ4v) is 1.99. The SMILES string of the molecule is CCCC(C(=O)OC(C)(C)C)C(CCC(F)(F)F)C(=O)O. The van der Waals surface area contributed by atoms with Gasteiger partial charge >= 0.3 is 18.1 Å². The zero-order valence-corrected chi connectivity index (χ0v) is 12.8. The fourth-order valence-electron chi connectivity index (χ4n) is 1.99. The predicted molar refractivity (Wildman–Crippen MR) is 70.7 cm³/mol. The first kappa shape index (κ1) is 19.7. The molecule has 2 unspecified atom stereocenters. The summed E-state index contributed by atoms with van der Waals surface area (Å²) in [6, 6.07) is 0. The summed E-state index contributed by atoms with van der Waals surface area (Å²) in [5, 5.41) is 9.14. The van der Waals surface area contributed by atoms with Gasteiger partial charge in [-0.05, 0) is 33.6 Å². The minimum atomic E-state index is -4.45. The van der Waals surface area contributed by atoms with E-state index in [2.05, 4.69) is 0 Å². The number of aliphatic carboxylic acids is 1. The second-order valence-electron chi connectivity index (χ2n) is 6.03. The van der Waals surface area contributed by atoms with Crippen molar-refractivity contribution < 1.29 is 32.6 Å². The van der Waals surface area contributed by atoms with Gasteiger partial charge in [0.05, 0.1) is 11.8 Å². The van der Waals surface area contributed by atoms with Crippen molar-refractivity contribution in [1.29, 1.82) is 0 Å². The molecule has 0 aromatic rings. The largest absolute Gasteiger partial charge is 0.481 e. The van der Waals surface area contributed by atoms with Crippen molar-refractivity contribution in [2.24, 2.45) is 11.8 Å². The summed E-state index contributed by atoms with van der Waals surface area (Å²) >= 11 is 0. The molecule has 0 fully saturated rings. The van der Waals surface area contributed by atoms with Crippen LogP contribution in [-0.2, 0) is 14.3 Å². The number of esters is 1. The van der Waals surface area contributed by atoms with Crippen molar-refractivity contribution in [3.63, 3.8) is 0 Å². The maximum absolute atomic E-state index is 12.3. The normalized spacial score (nSPS) is 15.4. The van der Waals surface area contributed by atoms with E-state index in [1.165, 1.54) is 0 Å². The molecule has 0 saturated carbocycles. The van der Waals surface area contributed by atoms with Gasteiger partial charge in [-0.15, -0.1) is 0 Å². The number of carboxylic acid groups (broad SMARTS) is 1. The molecule has 0 heterocycles. The van der Waals surface area contributed by atoms with Crippen molar-refractivity contribution in [1.82, 2.24) is 0 Å². The molecule has 0 spiro atoms. The molecule has 1 N–H and O–H groups in total. The van der Waals surface area contributed by atoms with Gasteiger partial charge in [-0.2, -0.15) is 13.2 Å². The first-order chi connectivity index (χ1) is 9.37.